The van der Waals surface area contributed by atoms with Crippen molar-refractivity contribution < 1.29 is 0 Å². The predicted molar refractivity (Wildman–Crippen MR) is 75.7 cm³/mol. The minimum atomic E-state index is 0.142. The van der Waals surface area contributed by atoms with E-state index in [4.69, 9.17) is 17.3 Å². The first-order valence-corrected chi connectivity index (χ1v) is 7.56. The predicted octanol–water partition coefficient (Wildman–Crippen LogP) is 3.52. The fraction of sp³-hybridized carbons (Fsp3) is 0.692. The van der Waals surface area contributed by atoms with Crippen molar-refractivity contribution in [1.29, 1.82) is 0 Å². The third kappa shape index (κ3) is 3.44. The van der Waals surface area contributed by atoms with Gasteiger partial charge in [-0.1, -0.05) is 18.5 Å². The van der Waals surface area contributed by atoms with Gasteiger partial charge in [-0.25, -0.2) is 0 Å². The molecule has 0 amide bonds. The molecular formula is C13H21ClN2S. The maximum absolute atomic E-state index is 6.17. The smallest absolute Gasteiger partial charge is 0.0931 e. The number of hydrogen-bond donors (Lipinski definition) is 1. The second-order valence-corrected chi connectivity index (χ2v) is 6.72. The van der Waals surface area contributed by atoms with Gasteiger partial charge in [0.05, 0.1) is 10.4 Å². The van der Waals surface area contributed by atoms with Crippen LogP contribution in [0.4, 0.5) is 0 Å². The highest BCUT2D eigenvalue weighted by Gasteiger charge is 2.30. The second kappa shape index (κ2) is 5.70. The van der Waals surface area contributed by atoms with Crippen LogP contribution in [0.25, 0.3) is 0 Å². The SMILES string of the molecule is CCN(CC1CC1)C(c1ccc(Cl)s1)C(C)N. The van der Waals surface area contributed by atoms with Crippen LogP contribution < -0.4 is 5.73 Å². The molecule has 96 valence electrons. The summed E-state index contributed by atoms with van der Waals surface area (Å²) < 4.78 is 0.855. The zero-order valence-electron chi connectivity index (χ0n) is 10.5. The molecule has 17 heavy (non-hydrogen) atoms. The minimum absolute atomic E-state index is 0.142. The fourth-order valence-corrected chi connectivity index (χ4v) is 3.64. The van der Waals surface area contributed by atoms with Gasteiger partial charge in [0.25, 0.3) is 0 Å². The Balaban J connectivity index is 2.13. The number of rotatable bonds is 6. The highest BCUT2D eigenvalue weighted by Crippen LogP contribution is 2.36. The van der Waals surface area contributed by atoms with Gasteiger partial charge in [-0.15, -0.1) is 11.3 Å². The van der Waals surface area contributed by atoms with Crippen LogP contribution >= 0.6 is 22.9 Å². The van der Waals surface area contributed by atoms with E-state index in [1.54, 1.807) is 11.3 Å². The summed E-state index contributed by atoms with van der Waals surface area (Å²) in [7, 11) is 0. The van der Waals surface area contributed by atoms with Crippen molar-refractivity contribution >= 4 is 22.9 Å². The lowest BCUT2D eigenvalue weighted by Crippen LogP contribution is -2.40. The number of nitrogens with zero attached hydrogens (tertiary/aromatic N) is 1. The summed E-state index contributed by atoms with van der Waals surface area (Å²) >= 11 is 7.69. The quantitative estimate of drug-likeness (QED) is 0.859. The highest BCUT2D eigenvalue weighted by molar-refractivity contribution is 7.16. The third-order valence-electron chi connectivity index (χ3n) is 3.37. The van der Waals surface area contributed by atoms with Gasteiger partial charge in [0.1, 0.15) is 0 Å². The molecule has 0 bridgehead atoms. The number of thiophene rings is 1. The lowest BCUT2D eigenvalue weighted by atomic mass is 10.1. The molecule has 1 aliphatic rings. The van der Waals surface area contributed by atoms with E-state index in [-0.39, 0.29) is 6.04 Å². The number of nitrogens with two attached hydrogens (primary N) is 1. The normalized spacial score (nSPS) is 19.6. The molecule has 2 unspecified atom stereocenters. The van der Waals surface area contributed by atoms with Gasteiger partial charge in [0.15, 0.2) is 0 Å². The first-order chi connectivity index (χ1) is 8.11. The zero-order chi connectivity index (χ0) is 12.4. The molecule has 1 saturated carbocycles. The summed E-state index contributed by atoms with van der Waals surface area (Å²) in [4.78, 5) is 3.80. The first kappa shape index (κ1) is 13.3. The Labute approximate surface area is 113 Å². The Kier molecular flexibility index (Phi) is 4.47. The molecule has 0 aliphatic heterocycles. The van der Waals surface area contributed by atoms with Crippen LogP contribution in [0.5, 0.6) is 0 Å². The summed E-state index contributed by atoms with van der Waals surface area (Å²) in [5.74, 6) is 0.895. The maximum atomic E-state index is 6.17. The molecular weight excluding hydrogens is 252 g/mol. The van der Waals surface area contributed by atoms with Crippen LogP contribution in [-0.4, -0.2) is 24.0 Å². The lowest BCUT2D eigenvalue weighted by Gasteiger charge is -2.32. The van der Waals surface area contributed by atoms with E-state index in [0.717, 1.165) is 16.8 Å². The van der Waals surface area contributed by atoms with Crippen LogP contribution in [0.1, 0.15) is 37.6 Å². The number of likely N-dealkylation sites (N-methyl/N-ethyl adjacent to an activating group) is 1. The van der Waals surface area contributed by atoms with Gasteiger partial charge in [0, 0.05) is 17.5 Å². The summed E-state index contributed by atoms with van der Waals surface area (Å²) in [5, 5.41) is 0. The minimum Gasteiger partial charge on any atom is -0.326 e. The molecule has 1 aromatic heterocycles. The van der Waals surface area contributed by atoms with E-state index >= 15 is 0 Å². The molecule has 2 rings (SSSR count). The van der Waals surface area contributed by atoms with Gasteiger partial charge in [-0.05, 0) is 44.4 Å². The van der Waals surface area contributed by atoms with Crippen molar-refractivity contribution in [1.82, 2.24) is 4.90 Å². The van der Waals surface area contributed by atoms with Crippen LogP contribution in [0.3, 0.4) is 0 Å². The van der Waals surface area contributed by atoms with Crippen LogP contribution in [-0.2, 0) is 0 Å². The van der Waals surface area contributed by atoms with Crippen molar-refractivity contribution in [2.75, 3.05) is 13.1 Å². The molecule has 1 heterocycles. The third-order valence-corrected chi connectivity index (χ3v) is 4.67. The summed E-state index contributed by atoms with van der Waals surface area (Å²) in [6, 6.07) is 4.56. The maximum Gasteiger partial charge on any atom is 0.0931 e. The Morgan fingerprint density at radius 2 is 2.24 bits per heavy atom. The summed E-state index contributed by atoms with van der Waals surface area (Å²) in [5.41, 5.74) is 6.17. The zero-order valence-corrected chi connectivity index (χ0v) is 12.1. The van der Waals surface area contributed by atoms with Gasteiger partial charge in [-0.2, -0.15) is 0 Å². The van der Waals surface area contributed by atoms with Gasteiger partial charge in [-0.3, -0.25) is 4.90 Å². The van der Waals surface area contributed by atoms with E-state index in [1.807, 2.05) is 6.07 Å². The average molecular weight is 273 g/mol. The van der Waals surface area contributed by atoms with Gasteiger partial charge < -0.3 is 5.73 Å². The molecule has 0 spiro atoms. The first-order valence-electron chi connectivity index (χ1n) is 6.36. The van der Waals surface area contributed by atoms with Crippen molar-refractivity contribution in [3.8, 4) is 0 Å². The topological polar surface area (TPSA) is 29.3 Å². The Morgan fingerprint density at radius 1 is 1.53 bits per heavy atom. The molecule has 1 aliphatic carbocycles. The number of hydrogen-bond acceptors (Lipinski definition) is 3. The monoisotopic (exact) mass is 272 g/mol. The standard InChI is InChI=1S/C13H21ClN2S/c1-3-16(8-10-4-5-10)13(9(2)15)11-6-7-12(14)17-11/h6-7,9-10,13H,3-5,8,15H2,1-2H3. The van der Waals surface area contributed by atoms with Crippen molar-refractivity contribution in [2.24, 2.45) is 11.7 Å². The van der Waals surface area contributed by atoms with Gasteiger partial charge >= 0.3 is 0 Å². The molecule has 1 aromatic rings. The fourth-order valence-electron chi connectivity index (χ4n) is 2.33. The molecule has 0 aromatic carbocycles. The van der Waals surface area contributed by atoms with Crippen LogP contribution in [0, 0.1) is 5.92 Å². The molecule has 2 nitrogen and oxygen atoms in total. The average Bonchev–Trinajstić information content (AvgIpc) is 2.99. The van der Waals surface area contributed by atoms with Crippen LogP contribution in [0.2, 0.25) is 4.34 Å². The summed E-state index contributed by atoms with van der Waals surface area (Å²) in [6.45, 7) is 6.54. The molecule has 2 atom stereocenters. The van der Waals surface area contributed by atoms with E-state index in [2.05, 4.69) is 24.8 Å². The van der Waals surface area contributed by atoms with Crippen LogP contribution in [0.15, 0.2) is 12.1 Å². The molecule has 0 radical (unpaired) electrons. The van der Waals surface area contributed by atoms with Crippen molar-refractivity contribution in [2.45, 2.75) is 38.8 Å². The van der Waals surface area contributed by atoms with Crippen molar-refractivity contribution in [3.63, 3.8) is 0 Å². The Bertz CT molecular complexity index is 360. The molecule has 2 N–H and O–H groups in total. The Hall–Kier alpha value is -0.0900. The lowest BCUT2D eigenvalue weighted by molar-refractivity contribution is 0.181. The largest absolute Gasteiger partial charge is 0.326 e. The summed E-state index contributed by atoms with van der Waals surface area (Å²) in [6.07, 6.45) is 2.76. The molecule has 0 saturated heterocycles. The van der Waals surface area contributed by atoms with Crippen molar-refractivity contribution in [3.05, 3.63) is 21.3 Å². The second-order valence-electron chi connectivity index (χ2n) is 4.98. The van der Waals surface area contributed by atoms with Gasteiger partial charge in [0.2, 0.25) is 0 Å². The van der Waals surface area contributed by atoms with E-state index in [0.29, 0.717) is 6.04 Å². The molecule has 4 heteroatoms. The highest BCUT2D eigenvalue weighted by atomic mass is 35.5. The van der Waals surface area contributed by atoms with E-state index < -0.39 is 0 Å². The van der Waals surface area contributed by atoms with E-state index in [1.165, 1.54) is 24.3 Å². The Morgan fingerprint density at radius 3 is 2.65 bits per heavy atom. The molecule has 1 fully saturated rings. The number of halogens is 1. The van der Waals surface area contributed by atoms with E-state index in [9.17, 15) is 0 Å².